The average molecular weight is 355 g/mol. The fourth-order valence-corrected chi connectivity index (χ4v) is 3.99. The van der Waals surface area contributed by atoms with E-state index in [2.05, 4.69) is 41.3 Å². The number of nitrogens with zero attached hydrogens (tertiary/aromatic N) is 3. The molecule has 2 aliphatic rings. The van der Waals surface area contributed by atoms with Crippen LogP contribution in [0.2, 0.25) is 0 Å². The molecule has 132 valence electrons. The maximum Gasteiger partial charge on any atom is 0.269 e. The van der Waals surface area contributed by atoms with E-state index in [9.17, 15) is 10.1 Å². The van der Waals surface area contributed by atoms with E-state index in [4.69, 9.17) is 4.99 Å². The number of aliphatic imine (C=N–C) groups is 1. The van der Waals surface area contributed by atoms with Crippen molar-refractivity contribution < 1.29 is 4.92 Å². The van der Waals surface area contributed by atoms with Gasteiger partial charge in [-0.15, -0.1) is 0 Å². The maximum atomic E-state index is 10.9. The zero-order valence-corrected chi connectivity index (χ0v) is 14.5. The van der Waals surface area contributed by atoms with Crippen LogP contribution in [0, 0.1) is 10.1 Å². The highest BCUT2D eigenvalue weighted by Gasteiger charge is 2.59. The highest BCUT2D eigenvalue weighted by molar-refractivity contribution is 6.08. The lowest BCUT2D eigenvalue weighted by Crippen LogP contribution is -2.08. The van der Waals surface area contributed by atoms with Crippen LogP contribution in [0.5, 0.6) is 0 Å². The van der Waals surface area contributed by atoms with Gasteiger partial charge < -0.3 is 0 Å². The summed E-state index contributed by atoms with van der Waals surface area (Å²) < 4.78 is 0. The molecule has 3 aromatic carbocycles. The maximum absolute atomic E-state index is 10.9. The van der Waals surface area contributed by atoms with Crippen LogP contribution in [0.3, 0.4) is 0 Å². The van der Waals surface area contributed by atoms with Crippen molar-refractivity contribution in [1.82, 2.24) is 4.90 Å². The Morgan fingerprint density at radius 3 is 1.96 bits per heavy atom. The Labute approximate surface area is 156 Å². The van der Waals surface area contributed by atoms with E-state index < -0.39 is 0 Å². The van der Waals surface area contributed by atoms with Gasteiger partial charge in [0.2, 0.25) is 0 Å². The normalized spacial score (nSPS) is 25.6. The lowest BCUT2D eigenvalue weighted by Gasteiger charge is -2.14. The van der Waals surface area contributed by atoms with Crippen LogP contribution >= 0.6 is 0 Å². The minimum atomic E-state index is -0.372. The number of nitro groups is 1. The monoisotopic (exact) mass is 355 g/mol. The molecule has 1 saturated heterocycles. The minimum Gasteiger partial charge on any atom is -0.263 e. The average Bonchev–Trinajstić information content (AvgIpc) is 3.33. The molecule has 2 heterocycles. The summed E-state index contributed by atoms with van der Waals surface area (Å²) in [4.78, 5) is 18.0. The van der Waals surface area contributed by atoms with Crippen LogP contribution in [0.15, 0.2) is 89.9 Å². The van der Waals surface area contributed by atoms with E-state index in [1.54, 1.807) is 12.1 Å². The Bertz CT molecular complexity index is 1020. The summed E-state index contributed by atoms with van der Waals surface area (Å²) in [6, 6.07) is 27.9. The van der Waals surface area contributed by atoms with Gasteiger partial charge in [0.1, 0.15) is 6.17 Å². The number of non-ortho nitro benzene ring substituents is 1. The van der Waals surface area contributed by atoms with Gasteiger partial charge in [0.25, 0.3) is 5.69 Å². The van der Waals surface area contributed by atoms with E-state index in [1.165, 1.54) is 5.56 Å². The van der Waals surface area contributed by atoms with Gasteiger partial charge in [-0.05, 0) is 28.8 Å². The fraction of sp³-hybridized carbons (Fsp3) is 0.136. The molecular formula is C22H17N3O2. The van der Waals surface area contributed by atoms with Gasteiger partial charge in [-0.1, -0.05) is 60.7 Å². The number of hydrogen-bond donors (Lipinski definition) is 0. The minimum absolute atomic E-state index is 0.0217. The number of nitro benzene ring substituents is 1. The Morgan fingerprint density at radius 2 is 1.37 bits per heavy atom. The summed E-state index contributed by atoms with van der Waals surface area (Å²) >= 11 is 0. The van der Waals surface area contributed by atoms with Crippen LogP contribution in [0.25, 0.3) is 0 Å². The Morgan fingerprint density at radius 1 is 0.778 bits per heavy atom. The first-order valence-electron chi connectivity index (χ1n) is 8.94. The molecule has 1 fully saturated rings. The molecular weight excluding hydrogens is 338 g/mol. The Balaban J connectivity index is 1.54. The SMILES string of the molecule is O=[N+]([O-])c1ccc(C2=NC(c3ccccc3)N3C2C3c2ccccc2)cc1. The first-order chi connectivity index (χ1) is 13.2. The van der Waals surface area contributed by atoms with Crippen LogP contribution in [0.1, 0.15) is 28.9 Å². The molecule has 2 aliphatic heterocycles. The van der Waals surface area contributed by atoms with Gasteiger partial charge in [0, 0.05) is 12.1 Å². The van der Waals surface area contributed by atoms with Gasteiger partial charge in [0.15, 0.2) is 0 Å². The Kier molecular flexibility index (Phi) is 3.62. The molecule has 0 spiro atoms. The summed E-state index contributed by atoms with van der Waals surface area (Å²) in [5, 5.41) is 10.9. The predicted molar refractivity (Wildman–Crippen MR) is 104 cm³/mol. The van der Waals surface area contributed by atoms with Crippen LogP contribution in [-0.2, 0) is 0 Å². The largest absolute Gasteiger partial charge is 0.269 e. The molecule has 5 rings (SSSR count). The predicted octanol–water partition coefficient (Wildman–Crippen LogP) is 4.52. The quantitative estimate of drug-likeness (QED) is 0.393. The second-order valence-corrected chi connectivity index (χ2v) is 6.85. The van der Waals surface area contributed by atoms with E-state index in [0.29, 0.717) is 6.04 Å². The molecule has 0 aliphatic carbocycles. The van der Waals surface area contributed by atoms with Crippen LogP contribution in [-0.4, -0.2) is 21.6 Å². The van der Waals surface area contributed by atoms with Crippen molar-refractivity contribution in [3.8, 4) is 0 Å². The number of fused-ring (bicyclic) bond motifs is 1. The molecule has 0 N–H and O–H groups in total. The first kappa shape index (κ1) is 15.9. The molecule has 5 nitrogen and oxygen atoms in total. The number of benzene rings is 3. The number of rotatable bonds is 4. The zero-order valence-electron chi connectivity index (χ0n) is 14.5. The van der Waals surface area contributed by atoms with Crippen molar-refractivity contribution in [3.63, 3.8) is 0 Å². The third-order valence-electron chi connectivity index (χ3n) is 5.29. The van der Waals surface area contributed by atoms with E-state index >= 15 is 0 Å². The van der Waals surface area contributed by atoms with Crippen LogP contribution < -0.4 is 0 Å². The van der Waals surface area contributed by atoms with Crippen molar-refractivity contribution in [2.75, 3.05) is 0 Å². The topological polar surface area (TPSA) is 58.5 Å². The van der Waals surface area contributed by atoms with Crippen molar-refractivity contribution in [1.29, 1.82) is 0 Å². The third-order valence-corrected chi connectivity index (χ3v) is 5.29. The van der Waals surface area contributed by atoms with Crippen molar-refractivity contribution in [3.05, 3.63) is 112 Å². The lowest BCUT2D eigenvalue weighted by atomic mass is 10.0. The lowest BCUT2D eigenvalue weighted by molar-refractivity contribution is -0.384. The number of hydrogen-bond acceptors (Lipinski definition) is 4. The van der Waals surface area contributed by atoms with Gasteiger partial charge >= 0.3 is 0 Å². The third kappa shape index (κ3) is 2.64. The molecule has 4 atom stereocenters. The highest BCUT2D eigenvalue weighted by Crippen LogP contribution is 2.55. The van der Waals surface area contributed by atoms with E-state index in [0.717, 1.165) is 16.8 Å². The van der Waals surface area contributed by atoms with Crippen molar-refractivity contribution >= 4 is 11.4 Å². The van der Waals surface area contributed by atoms with Gasteiger partial charge in [-0.3, -0.25) is 20.0 Å². The summed E-state index contributed by atoms with van der Waals surface area (Å²) in [6.45, 7) is 0. The van der Waals surface area contributed by atoms with Crippen molar-refractivity contribution in [2.24, 2.45) is 4.99 Å². The molecule has 0 radical (unpaired) electrons. The molecule has 0 aromatic heterocycles. The highest BCUT2D eigenvalue weighted by atomic mass is 16.6. The summed E-state index contributed by atoms with van der Waals surface area (Å²) in [5.74, 6) is 0. The molecule has 4 unspecified atom stereocenters. The molecule has 0 amide bonds. The van der Waals surface area contributed by atoms with Gasteiger partial charge in [-0.25, -0.2) is 0 Å². The van der Waals surface area contributed by atoms with E-state index in [-0.39, 0.29) is 22.8 Å². The van der Waals surface area contributed by atoms with Crippen LogP contribution in [0.4, 0.5) is 5.69 Å². The zero-order chi connectivity index (χ0) is 18.4. The molecule has 0 saturated carbocycles. The molecule has 3 aromatic rings. The summed E-state index contributed by atoms with van der Waals surface area (Å²) in [5.41, 5.74) is 4.50. The fourth-order valence-electron chi connectivity index (χ4n) is 3.99. The second kappa shape index (κ2) is 6.14. The molecule has 0 bridgehead atoms. The van der Waals surface area contributed by atoms with E-state index in [1.807, 2.05) is 36.4 Å². The van der Waals surface area contributed by atoms with Crippen molar-refractivity contribution in [2.45, 2.75) is 18.2 Å². The smallest absolute Gasteiger partial charge is 0.263 e. The standard InChI is InChI=1S/C22H17N3O2/c26-25(27)18-13-11-15(12-14-18)19-21-20(16-7-3-1-4-8-16)24(21)22(23-19)17-9-5-2-6-10-17/h1-14,20-22H. The molecule has 5 heteroatoms. The van der Waals surface area contributed by atoms with Gasteiger partial charge in [-0.2, -0.15) is 0 Å². The summed E-state index contributed by atoms with van der Waals surface area (Å²) in [6.07, 6.45) is -0.0217. The second-order valence-electron chi connectivity index (χ2n) is 6.85. The Hall–Kier alpha value is -3.31. The molecule has 27 heavy (non-hydrogen) atoms. The summed E-state index contributed by atoms with van der Waals surface area (Å²) in [7, 11) is 0. The first-order valence-corrected chi connectivity index (χ1v) is 8.94. The van der Waals surface area contributed by atoms with Gasteiger partial charge in [0.05, 0.1) is 22.7 Å².